The highest BCUT2D eigenvalue weighted by Crippen LogP contribution is 2.23. The lowest BCUT2D eigenvalue weighted by molar-refractivity contribution is -0.116. The van der Waals surface area contributed by atoms with Crippen molar-refractivity contribution in [2.24, 2.45) is 0 Å². The smallest absolute Gasteiger partial charge is 0.407 e. The van der Waals surface area contributed by atoms with Gasteiger partial charge in [0.15, 0.2) is 0 Å². The van der Waals surface area contributed by atoms with E-state index in [1.165, 1.54) is 7.11 Å². The summed E-state index contributed by atoms with van der Waals surface area (Å²) in [5.41, 5.74) is 0.961. The molecule has 3 amide bonds. The molecule has 0 fully saturated rings. The van der Waals surface area contributed by atoms with Gasteiger partial charge in [-0.25, -0.2) is 4.79 Å². The Morgan fingerprint density at radius 1 is 0.933 bits per heavy atom. The van der Waals surface area contributed by atoms with Gasteiger partial charge >= 0.3 is 6.09 Å². The molecule has 0 atom stereocenters. The van der Waals surface area contributed by atoms with E-state index in [0.29, 0.717) is 22.7 Å². The molecule has 0 spiro atoms. The monoisotopic (exact) mass is 413 g/mol. The maximum Gasteiger partial charge on any atom is 0.407 e. The van der Waals surface area contributed by atoms with Crippen LogP contribution in [0.5, 0.6) is 5.75 Å². The van der Waals surface area contributed by atoms with Crippen molar-refractivity contribution in [2.75, 3.05) is 24.3 Å². The van der Waals surface area contributed by atoms with Gasteiger partial charge in [0.05, 0.1) is 12.8 Å². The third-order valence-electron chi connectivity index (χ3n) is 3.81. The van der Waals surface area contributed by atoms with Crippen LogP contribution in [0, 0.1) is 0 Å². The average Bonchev–Trinajstić information content (AvgIpc) is 2.67. The van der Waals surface area contributed by atoms with Gasteiger partial charge < -0.3 is 25.4 Å². The van der Waals surface area contributed by atoms with Crippen LogP contribution in [0.1, 0.15) is 37.6 Å². The molecule has 0 unspecified atom stereocenters. The molecule has 0 heterocycles. The summed E-state index contributed by atoms with van der Waals surface area (Å²) >= 11 is 0. The zero-order valence-corrected chi connectivity index (χ0v) is 17.6. The molecule has 0 saturated heterocycles. The molecular weight excluding hydrogens is 386 g/mol. The Labute approximate surface area is 175 Å². The van der Waals surface area contributed by atoms with E-state index in [9.17, 15) is 14.4 Å². The van der Waals surface area contributed by atoms with Crippen LogP contribution in [-0.2, 0) is 9.53 Å². The Bertz CT molecular complexity index is 888. The van der Waals surface area contributed by atoms with Gasteiger partial charge in [-0.05, 0) is 57.2 Å². The minimum atomic E-state index is -0.591. The van der Waals surface area contributed by atoms with Crippen molar-refractivity contribution in [2.45, 2.75) is 32.8 Å². The summed E-state index contributed by atoms with van der Waals surface area (Å²) in [6.45, 7) is 5.44. The van der Waals surface area contributed by atoms with Crippen molar-refractivity contribution < 1.29 is 23.9 Å². The Morgan fingerprint density at radius 3 is 2.23 bits per heavy atom. The highest BCUT2D eigenvalue weighted by molar-refractivity contribution is 6.05. The number of anilines is 2. The van der Waals surface area contributed by atoms with Crippen LogP contribution in [0.2, 0.25) is 0 Å². The molecule has 0 bridgehead atoms. The van der Waals surface area contributed by atoms with Gasteiger partial charge in [0, 0.05) is 24.2 Å². The predicted molar refractivity (Wildman–Crippen MR) is 115 cm³/mol. The first-order valence-corrected chi connectivity index (χ1v) is 9.49. The summed E-state index contributed by atoms with van der Waals surface area (Å²) in [5.74, 6) is 0.00550. The first-order valence-electron chi connectivity index (χ1n) is 9.49. The number of para-hydroxylation sites is 2. The standard InChI is InChI=1S/C22H27N3O5/c1-22(2,3)30-21(28)23-14-13-19(26)24-16-11-9-15(10-12-16)20(27)25-17-7-5-6-8-18(17)29-4/h5-12H,13-14H2,1-4H3,(H,23,28)(H,24,26)(H,25,27). The molecule has 2 aromatic carbocycles. The van der Waals surface area contributed by atoms with Gasteiger partial charge in [-0.15, -0.1) is 0 Å². The SMILES string of the molecule is COc1ccccc1NC(=O)c1ccc(NC(=O)CCNC(=O)OC(C)(C)C)cc1. The van der Waals surface area contributed by atoms with E-state index in [1.54, 1.807) is 63.2 Å². The van der Waals surface area contributed by atoms with E-state index in [-0.39, 0.29) is 24.8 Å². The number of methoxy groups -OCH3 is 1. The number of carbonyl (C=O) groups excluding carboxylic acids is 3. The Hall–Kier alpha value is -3.55. The summed E-state index contributed by atoms with van der Waals surface area (Å²) in [6.07, 6.45) is -0.476. The largest absolute Gasteiger partial charge is 0.495 e. The quantitative estimate of drug-likeness (QED) is 0.640. The van der Waals surface area contributed by atoms with Crippen LogP contribution in [0.3, 0.4) is 0 Å². The van der Waals surface area contributed by atoms with Crippen molar-refractivity contribution in [3.8, 4) is 5.75 Å². The van der Waals surface area contributed by atoms with E-state index < -0.39 is 11.7 Å². The third-order valence-corrected chi connectivity index (χ3v) is 3.81. The molecule has 0 saturated carbocycles. The number of ether oxygens (including phenoxy) is 2. The summed E-state index contributed by atoms with van der Waals surface area (Å²) in [7, 11) is 1.53. The molecule has 3 N–H and O–H groups in total. The van der Waals surface area contributed by atoms with Gasteiger partial charge in [0.2, 0.25) is 5.91 Å². The molecule has 0 radical (unpaired) electrons. The van der Waals surface area contributed by atoms with E-state index in [2.05, 4.69) is 16.0 Å². The molecule has 2 rings (SSSR count). The highest BCUT2D eigenvalue weighted by atomic mass is 16.6. The highest BCUT2D eigenvalue weighted by Gasteiger charge is 2.16. The normalized spacial score (nSPS) is 10.7. The molecule has 30 heavy (non-hydrogen) atoms. The Kier molecular flexibility index (Phi) is 7.80. The number of amides is 3. The summed E-state index contributed by atoms with van der Waals surface area (Å²) in [5, 5.41) is 8.03. The van der Waals surface area contributed by atoms with Crippen LogP contribution < -0.4 is 20.7 Å². The molecule has 8 heteroatoms. The molecule has 2 aromatic rings. The number of benzene rings is 2. The van der Waals surface area contributed by atoms with Gasteiger partial charge in [0.25, 0.3) is 5.91 Å². The van der Waals surface area contributed by atoms with Crippen LogP contribution in [0.25, 0.3) is 0 Å². The van der Waals surface area contributed by atoms with Crippen molar-refractivity contribution >= 4 is 29.3 Å². The molecule has 160 valence electrons. The van der Waals surface area contributed by atoms with Crippen LogP contribution in [-0.4, -0.2) is 37.2 Å². The first kappa shape index (κ1) is 22.7. The van der Waals surface area contributed by atoms with Crippen molar-refractivity contribution in [3.05, 3.63) is 54.1 Å². The van der Waals surface area contributed by atoms with Crippen molar-refractivity contribution in [3.63, 3.8) is 0 Å². The average molecular weight is 413 g/mol. The lowest BCUT2D eigenvalue weighted by Gasteiger charge is -2.19. The minimum Gasteiger partial charge on any atom is -0.495 e. The third kappa shape index (κ3) is 7.46. The number of hydrogen-bond acceptors (Lipinski definition) is 5. The minimum absolute atomic E-state index is 0.0925. The molecular formula is C22H27N3O5. The van der Waals surface area contributed by atoms with Crippen LogP contribution in [0.15, 0.2) is 48.5 Å². The summed E-state index contributed by atoms with van der Waals surface area (Å²) in [6, 6.07) is 13.6. The second-order valence-electron chi connectivity index (χ2n) is 7.46. The second-order valence-corrected chi connectivity index (χ2v) is 7.46. The number of hydrogen-bond donors (Lipinski definition) is 3. The van der Waals surface area contributed by atoms with E-state index in [4.69, 9.17) is 9.47 Å². The number of alkyl carbamates (subject to hydrolysis) is 1. The van der Waals surface area contributed by atoms with Gasteiger partial charge in [-0.1, -0.05) is 12.1 Å². The summed E-state index contributed by atoms with van der Waals surface area (Å²) < 4.78 is 10.3. The van der Waals surface area contributed by atoms with Crippen LogP contribution >= 0.6 is 0 Å². The van der Waals surface area contributed by atoms with Gasteiger partial charge in [-0.3, -0.25) is 9.59 Å². The zero-order valence-electron chi connectivity index (χ0n) is 17.6. The summed E-state index contributed by atoms with van der Waals surface area (Å²) in [4.78, 5) is 36.0. The maximum absolute atomic E-state index is 12.4. The van der Waals surface area contributed by atoms with Crippen molar-refractivity contribution in [1.82, 2.24) is 5.32 Å². The molecule has 0 aliphatic rings. The van der Waals surface area contributed by atoms with E-state index in [1.807, 2.05) is 6.07 Å². The molecule has 8 nitrogen and oxygen atoms in total. The zero-order chi connectivity index (χ0) is 22.1. The Morgan fingerprint density at radius 2 is 1.60 bits per heavy atom. The Balaban J connectivity index is 1.83. The lowest BCUT2D eigenvalue weighted by Crippen LogP contribution is -2.34. The van der Waals surface area contributed by atoms with Crippen molar-refractivity contribution in [1.29, 1.82) is 0 Å². The molecule has 0 aromatic heterocycles. The number of carbonyl (C=O) groups is 3. The maximum atomic E-state index is 12.4. The predicted octanol–water partition coefficient (Wildman–Crippen LogP) is 3.80. The van der Waals surface area contributed by atoms with Gasteiger partial charge in [-0.2, -0.15) is 0 Å². The molecule has 0 aliphatic heterocycles. The topological polar surface area (TPSA) is 106 Å². The fraction of sp³-hybridized carbons (Fsp3) is 0.318. The molecule has 0 aliphatic carbocycles. The fourth-order valence-electron chi connectivity index (χ4n) is 2.46. The van der Waals surface area contributed by atoms with Crippen LogP contribution in [0.4, 0.5) is 16.2 Å². The number of nitrogens with one attached hydrogen (secondary N) is 3. The number of rotatable bonds is 7. The fourth-order valence-corrected chi connectivity index (χ4v) is 2.46. The second kappa shape index (κ2) is 10.3. The van der Waals surface area contributed by atoms with E-state index >= 15 is 0 Å². The lowest BCUT2D eigenvalue weighted by atomic mass is 10.2. The van der Waals surface area contributed by atoms with Gasteiger partial charge in [0.1, 0.15) is 11.4 Å². The van der Waals surface area contributed by atoms with E-state index in [0.717, 1.165) is 0 Å². The first-order chi connectivity index (χ1) is 14.2.